The summed E-state index contributed by atoms with van der Waals surface area (Å²) in [6, 6.07) is 20.6. The van der Waals surface area contributed by atoms with Crippen LogP contribution in [0.15, 0.2) is 83.8 Å². The van der Waals surface area contributed by atoms with Crippen LogP contribution in [0.5, 0.6) is 0 Å². The van der Waals surface area contributed by atoms with Crippen molar-refractivity contribution < 1.29 is 22.7 Å². The summed E-state index contributed by atoms with van der Waals surface area (Å²) in [6.07, 6.45) is 0. The lowest BCUT2D eigenvalue weighted by atomic mass is 10.1. The van der Waals surface area contributed by atoms with Crippen molar-refractivity contribution >= 4 is 43.5 Å². The summed E-state index contributed by atoms with van der Waals surface area (Å²) in [5.74, 6) is -1.67. The summed E-state index contributed by atoms with van der Waals surface area (Å²) in [7, 11) is -2.29. The van der Waals surface area contributed by atoms with Crippen LogP contribution < -0.4 is 4.31 Å². The number of hydrogen-bond acceptors (Lipinski definition) is 4. The van der Waals surface area contributed by atoms with Crippen LogP contribution in [-0.4, -0.2) is 36.5 Å². The van der Waals surface area contributed by atoms with Gasteiger partial charge in [-0.05, 0) is 36.4 Å². The summed E-state index contributed by atoms with van der Waals surface area (Å²) in [6.45, 7) is 0. The van der Waals surface area contributed by atoms with Gasteiger partial charge in [-0.1, -0.05) is 42.5 Å². The van der Waals surface area contributed by atoms with Crippen LogP contribution in [0.4, 0.5) is 10.1 Å². The van der Waals surface area contributed by atoms with E-state index in [2.05, 4.69) is 9.97 Å². The summed E-state index contributed by atoms with van der Waals surface area (Å²) in [5.41, 5.74) is 1.86. The number of anilines is 1. The highest BCUT2D eigenvalue weighted by Gasteiger charge is 2.22. The molecule has 0 radical (unpaired) electrons. The Balaban J connectivity index is 1.63. The van der Waals surface area contributed by atoms with Gasteiger partial charge < -0.3 is 10.1 Å². The SMILES string of the molecule is CN(c1ccc(-c2nc(C(=O)O)cc3c2[nH]c2c(F)cccc23)cc1)S(=O)(=O)c1ccccc1. The van der Waals surface area contributed by atoms with Crippen LogP contribution in [0.25, 0.3) is 33.1 Å². The molecule has 2 aromatic heterocycles. The molecule has 0 fully saturated rings. The molecule has 0 saturated heterocycles. The Hall–Kier alpha value is -4.24. The summed E-state index contributed by atoms with van der Waals surface area (Å²) in [4.78, 5) is 19.2. The molecule has 0 amide bonds. The number of hydrogen-bond donors (Lipinski definition) is 2. The number of aromatic nitrogens is 2. The molecule has 0 unspecified atom stereocenters. The van der Waals surface area contributed by atoms with E-state index in [0.29, 0.717) is 33.2 Å². The van der Waals surface area contributed by atoms with Crippen molar-refractivity contribution in [2.45, 2.75) is 4.90 Å². The zero-order chi connectivity index (χ0) is 24.0. The number of halogens is 1. The van der Waals surface area contributed by atoms with Gasteiger partial charge in [-0.3, -0.25) is 4.31 Å². The maximum Gasteiger partial charge on any atom is 0.354 e. The third kappa shape index (κ3) is 3.46. The van der Waals surface area contributed by atoms with Crippen LogP contribution in [0.1, 0.15) is 10.5 Å². The van der Waals surface area contributed by atoms with E-state index < -0.39 is 21.8 Å². The van der Waals surface area contributed by atoms with Crippen LogP contribution in [0.3, 0.4) is 0 Å². The number of sulfonamides is 1. The Bertz CT molecular complexity index is 1660. The lowest BCUT2D eigenvalue weighted by Crippen LogP contribution is -2.26. The molecule has 0 saturated carbocycles. The van der Waals surface area contributed by atoms with E-state index in [-0.39, 0.29) is 16.1 Å². The first-order chi connectivity index (χ1) is 16.3. The molecule has 0 atom stereocenters. The van der Waals surface area contributed by atoms with Gasteiger partial charge in [0.15, 0.2) is 0 Å². The first-order valence-corrected chi connectivity index (χ1v) is 11.7. The molecular formula is C25H18FN3O4S. The largest absolute Gasteiger partial charge is 0.477 e. The van der Waals surface area contributed by atoms with Gasteiger partial charge in [0.2, 0.25) is 0 Å². The number of rotatable bonds is 5. The molecule has 5 aromatic rings. The number of nitrogens with zero attached hydrogens (tertiary/aromatic N) is 2. The molecular weight excluding hydrogens is 457 g/mol. The third-order valence-electron chi connectivity index (χ3n) is 5.70. The van der Waals surface area contributed by atoms with Crippen molar-refractivity contribution in [3.63, 3.8) is 0 Å². The monoisotopic (exact) mass is 475 g/mol. The van der Waals surface area contributed by atoms with E-state index >= 15 is 0 Å². The Morgan fingerprint density at radius 1 is 0.941 bits per heavy atom. The van der Waals surface area contributed by atoms with E-state index in [9.17, 15) is 22.7 Å². The molecule has 9 heteroatoms. The third-order valence-corrected chi connectivity index (χ3v) is 7.50. The number of nitrogens with one attached hydrogen (secondary N) is 1. The molecule has 2 N–H and O–H groups in total. The minimum Gasteiger partial charge on any atom is -0.477 e. The standard InChI is InChI=1S/C25H18FN3O4S/c1-29(34(32,33)17-6-3-2-4-7-17)16-12-10-15(11-13-16)22-24-19(14-21(27-22)25(30)31)18-8-5-9-20(26)23(18)28-24/h2-14,28H,1H3,(H,30,31). The van der Waals surface area contributed by atoms with Crippen LogP contribution >= 0.6 is 0 Å². The quantitative estimate of drug-likeness (QED) is 0.370. The zero-order valence-corrected chi connectivity index (χ0v) is 18.7. The number of H-pyrrole nitrogens is 1. The summed E-state index contributed by atoms with van der Waals surface area (Å²) >= 11 is 0. The van der Waals surface area contributed by atoms with E-state index in [1.165, 1.54) is 35.6 Å². The molecule has 5 rings (SSSR count). The first kappa shape index (κ1) is 21.6. The highest BCUT2D eigenvalue weighted by atomic mass is 32.2. The minimum absolute atomic E-state index is 0.166. The van der Waals surface area contributed by atoms with Crippen LogP contribution in [0.2, 0.25) is 0 Å². The van der Waals surface area contributed by atoms with Crippen LogP contribution in [0, 0.1) is 5.82 Å². The average molecular weight is 476 g/mol. The van der Waals surface area contributed by atoms with Gasteiger partial charge in [0, 0.05) is 23.4 Å². The Morgan fingerprint density at radius 2 is 1.65 bits per heavy atom. The maximum absolute atomic E-state index is 14.4. The van der Waals surface area contributed by atoms with Crippen molar-refractivity contribution in [2.75, 3.05) is 11.4 Å². The van der Waals surface area contributed by atoms with E-state index in [0.717, 1.165) is 0 Å². The number of carboxylic acid groups (broad SMARTS) is 1. The van der Waals surface area contributed by atoms with Gasteiger partial charge in [0.1, 0.15) is 11.5 Å². The molecule has 170 valence electrons. The molecule has 7 nitrogen and oxygen atoms in total. The van der Waals surface area contributed by atoms with Crippen molar-refractivity contribution in [1.29, 1.82) is 0 Å². The Kier molecular flexibility index (Phi) is 5.06. The van der Waals surface area contributed by atoms with Gasteiger partial charge in [0.05, 0.1) is 27.3 Å². The summed E-state index contributed by atoms with van der Waals surface area (Å²) in [5, 5.41) is 10.7. The van der Waals surface area contributed by atoms with Gasteiger partial charge in [-0.15, -0.1) is 0 Å². The van der Waals surface area contributed by atoms with Crippen molar-refractivity contribution in [1.82, 2.24) is 9.97 Å². The minimum atomic E-state index is -3.75. The Labute approximate surface area is 194 Å². The average Bonchev–Trinajstić information content (AvgIpc) is 3.24. The highest BCUT2D eigenvalue weighted by Crippen LogP contribution is 2.34. The van der Waals surface area contributed by atoms with E-state index in [1.807, 2.05) is 0 Å². The van der Waals surface area contributed by atoms with E-state index in [1.54, 1.807) is 54.6 Å². The molecule has 0 bridgehead atoms. The topological polar surface area (TPSA) is 103 Å². The second-order valence-corrected chi connectivity index (χ2v) is 9.67. The molecule has 3 aromatic carbocycles. The number of carboxylic acids is 1. The van der Waals surface area contributed by atoms with Crippen LogP contribution in [-0.2, 0) is 10.0 Å². The number of carbonyl (C=O) groups is 1. The van der Waals surface area contributed by atoms with Crippen molar-refractivity contribution in [2.24, 2.45) is 0 Å². The van der Waals surface area contributed by atoms with Gasteiger partial charge in [-0.25, -0.2) is 22.6 Å². The number of benzene rings is 3. The highest BCUT2D eigenvalue weighted by molar-refractivity contribution is 7.92. The van der Waals surface area contributed by atoms with Gasteiger partial charge >= 0.3 is 5.97 Å². The lowest BCUT2D eigenvalue weighted by molar-refractivity contribution is 0.0691. The molecule has 0 spiro atoms. The maximum atomic E-state index is 14.4. The second kappa shape index (κ2) is 7.96. The first-order valence-electron chi connectivity index (χ1n) is 10.3. The Morgan fingerprint density at radius 3 is 2.32 bits per heavy atom. The fraction of sp³-hybridized carbons (Fsp3) is 0.0400. The predicted molar refractivity (Wildman–Crippen MR) is 128 cm³/mol. The van der Waals surface area contributed by atoms with Gasteiger partial charge in [-0.2, -0.15) is 0 Å². The summed E-state index contributed by atoms with van der Waals surface area (Å²) < 4.78 is 41.4. The van der Waals surface area contributed by atoms with Crippen molar-refractivity contribution in [3.05, 3.63) is 90.4 Å². The predicted octanol–water partition coefficient (Wildman–Crippen LogP) is 5.05. The fourth-order valence-electron chi connectivity index (χ4n) is 3.92. The number of pyridine rings is 1. The molecule has 34 heavy (non-hydrogen) atoms. The lowest BCUT2D eigenvalue weighted by Gasteiger charge is -2.19. The molecule has 0 aliphatic heterocycles. The molecule has 0 aliphatic carbocycles. The second-order valence-electron chi connectivity index (χ2n) is 7.70. The molecule has 0 aliphatic rings. The molecule has 2 heterocycles. The number of para-hydroxylation sites is 1. The van der Waals surface area contributed by atoms with E-state index in [4.69, 9.17) is 0 Å². The van der Waals surface area contributed by atoms with Gasteiger partial charge in [0.25, 0.3) is 10.0 Å². The normalized spacial score (nSPS) is 11.7. The number of fused-ring (bicyclic) bond motifs is 3. The zero-order valence-electron chi connectivity index (χ0n) is 17.9. The smallest absolute Gasteiger partial charge is 0.354 e. The number of aromatic carboxylic acids is 1. The van der Waals surface area contributed by atoms with Crippen molar-refractivity contribution in [3.8, 4) is 11.3 Å². The fourth-order valence-corrected chi connectivity index (χ4v) is 5.14. The number of aromatic amines is 1.